The molecule has 1 heterocycles. The molecular formula is C19H20ClNO3. The number of hydrogen-bond acceptors (Lipinski definition) is 3. The van der Waals surface area contributed by atoms with Crippen molar-refractivity contribution in [3.8, 4) is 11.5 Å². The summed E-state index contributed by atoms with van der Waals surface area (Å²) >= 11 is 0. The number of benzene rings is 2. The predicted molar refractivity (Wildman–Crippen MR) is 98.9 cm³/mol. The Bertz CT molecular complexity index is 904. The van der Waals surface area contributed by atoms with E-state index in [1.807, 2.05) is 49.4 Å². The molecule has 3 aromatic rings. The summed E-state index contributed by atoms with van der Waals surface area (Å²) in [6, 6.07) is 13.8. The van der Waals surface area contributed by atoms with Gasteiger partial charge in [-0.15, -0.1) is 12.4 Å². The fraction of sp³-hybridized carbons (Fsp3) is 0.211. The normalized spacial score (nSPS) is 10.3. The number of ether oxygens (including phenoxy) is 2. The highest BCUT2D eigenvalue weighted by molar-refractivity contribution is 5.90. The van der Waals surface area contributed by atoms with Crippen LogP contribution in [0.15, 0.2) is 47.3 Å². The first-order chi connectivity index (χ1) is 11.1. The van der Waals surface area contributed by atoms with Crippen LogP contribution in [0.2, 0.25) is 0 Å². The Hall–Kier alpha value is -2.46. The molecule has 2 aromatic carbocycles. The zero-order valence-corrected chi connectivity index (χ0v) is 14.7. The number of hydrogen-bond donors (Lipinski definition) is 1. The minimum Gasteiger partial charge on any atom is -0.493 e. The maximum atomic E-state index is 12.5. The van der Waals surface area contributed by atoms with E-state index in [4.69, 9.17) is 9.47 Å². The number of methoxy groups -OCH3 is 2. The summed E-state index contributed by atoms with van der Waals surface area (Å²) in [5.74, 6) is 1.28. The highest BCUT2D eigenvalue weighted by Gasteiger charge is 2.14. The Balaban J connectivity index is 0.00000208. The first kappa shape index (κ1) is 17.9. The van der Waals surface area contributed by atoms with Crippen LogP contribution in [0.5, 0.6) is 11.5 Å². The predicted octanol–water partition coefficient (Wildman–Crippen LogP) is 3.87. The number of rotatable bonds is 4. The van der Waals surface area contributed by atoms with Gasteiger partial charge in [-0.25, -0.2) is 0 Å². The quantitative estimate of drug-likeness (QED) is 0.781. The third-order valence-electron chi connectivity index (χ3n) is 4.05. The van der Waals surface area contributed by atoms with Crippen molar-refractivity contribution in [3.63, 3.8) is 0 Å². The molecule has 5 heteroatoms. The van der Waals surface area contributed by atoms with E-state index in [2.05, 4.69) is 4.98 Å². The summed E-state index contributed by atoms with van der Waals surface area (Å²) in [6.45, 7) is 1.89. The molecule has 0 bridgehead atoms. The summed E-state index contributed by atoms with van der Waals surface area (Å²) in [5.41, 5.74) is 2.59. The average Bonchev–Trinajstić information content (AvgIpc) is 2.58. The molecule has 0 saturated heterocycles. The molecule has 0 atom stereocenters. The zero-order valence-electron chi connectivity index (χ0n) is 13.9. The molecule has 0 unspecified atom stereocenters. The van der Waals surface area contributed by atoms with Crippen molar-refractivity contribution in [1.82, 2.24) is 4.98 Å². The lowest BCUT2D eigenvalue weighted by Gasteiger charge is -2.13. The Kier molecular flexibility index (Phi) is 5.52. The van der Waals surface area contributed by atoms with Gasteiger partial charge in [-0.1, -0.05) is 30.3 Å². The Morgan fingerprint density at radius 3 is 2.12 bits per heavy atom. The standard InChI is InChI=1S/C19H19NO3.ClH/c1-12-14-10-17(22-2)18(23-3)11-15(14)16(19(21)20-12)9-13-7-5-4-6-8-13;/h4-8,10-11H,9H2,1-3H3,(H,20,21);1H. The van der Waals surface area contributed by atoms with Crippen molar-refractivity contribution in [1.29, 1.82) is 0 Å². The van der Waals surface area contributed by atoms with Gasteiger partial charge in [0.05, 0.1) is 14.2 Å². The maximum absolute atomic E-state index is 12.5. The molecule has 3 rings (SSSR count). The average molecular weight is 346 g/mol. The molecule has 0 amide bonds. The van der Waals surface area contributed by atoms with Crippen LogP contribution in [0.3, 0.4) is 0 Å². The van der Waals surface area contributed by atoms with Crippen LogP contribution in [0.25, 0.3) is 10.8 Å². The largest absolute Gasteiger partial charge is 0.493 e. The molecule has 0 aliphatic carbocycles. The van der Waals surface area contributed by atoms with Crippen molar-refractivity contribution in [3.05, 3.63) is 69.6 Å². The van der Waals surface area contributed by atoms with Crippen LogP contribution in [0, 0.1) is 6.92 Å². The van der Waals surface area contributed by atoms with Crippen molar-refractivity contribution in [2.75, 3.05) is 14.2 Å². The smallest absolute Gasteiger partial charge is 0.252 e. The van der Waals surface area contributed by atoms with Gasteiger partial charge in [-0.05, 0) is 30.0 Å². The van der Waals surface area contributed by atoms with Gasteiger partial charge in [0.25, 0.3) is 5.56 Å². The number of aromatic nitrogens is 1. The van der Waals surface area contributed by atoms with E-state index >= 15 is 0 Å². The van der Waals surface area contributed by atoms with Crippen molar-refractivity contribution in [2.24, 2.45) is 0 Å². The zero-order chi connectivity index (χ0) is 16.4. The fourth-order valence-corrected chi connectivity index (χ4v) is 2.85. The second-order valence-corrected chi connectivity index (χ2v) is 5.47. The van der Waals surface area contributed by atoms with E-state index in [0.717, 1.165) is 27.6 Å². The molecular weight excluding hydrogens is 326 g/mol. The topological polar surface area (TPSA) is 51.3 Å². The van der Waals surface area contributed by atoms with E-state index in [1.165, 1.54) is 0 Å². The summed E-state index contributed by atoms with van der Waals surface area (Å²) in [6.07, 6.45) is 0.572. The summed E-state index contributed by atoms with van der Waals surface area (Å²) in [5, 5.41) is 1.86. The fourth-order valence-electron chi connectivity index (χ4n) is 2.85. The van der Waals surface area contributed by atoms with Crippen molar-refractivity contribution in [2.45, 2.75) is 13.3 Å². The molecule has 0 aliphatic heterocycles. The Labute approximate surface area is 146 Å². The van der Waals surface area contributed by atoms with Crippen LogP contribution in [0.4, 0.5) is 0 Å². The van der Waals surface area contributed by atoms with Crippen molar-refractivity contribution >= 4 is 23.2 Å². The van der Waals surface area contributed by atoms with Crippen molar-refractivity contribution < 1.29 is 9.47 Å². The molecule has 0 spiro atoms. The van der Waals surface area contributed by atoms with Gasteiger partial charge in [-0.3, -0.25) is 4.79 Å². The number of H-pyrrole nitrogens is 1. The molecule has 24 heavy (non-hydrogen) atoms. The summed E-state index contributed by atoms with van der Waals surface area (Å²) in [7, 11) is 3.20. The summed E-state index contributed by atoms with van der Waals surface area (Å²) in [4.78, 5) is 15.4. The third-order valence-corrected chi connectivity index (χ3v) is 4.05. The maximum Gasteiger partial charge on any atom is 0.252 e. The highest BCUT2D eigenvalue weighted by atomic mass is 35.5. The van der Waals surface area contributed by atoms with E-state index in [0.29, 0.717) is 17.9 Å². The van der Waals surface area contributed by atoms with E-state index in [9.17, 15) is 4.79 Å². The minimum atomic E-state index is -0.0638. The molecule has 0 aliphatic rings. The second kappa shape index (κ2) is 7.41. The number of fused-ring (bicyclic) bond motifs is 1. The third kappa shape index (κ3) is 3.24. The van der Waals surface area contributed by atoms with E-state index in [-0.39, 0.29) is 18.0 Å². The SMILES string of the molecule is COc1cc2c(C)[nH]c(=O)c(Cc3ccccc3)c2cc1OC.Cl. The number of aromatic amines is 1. The van der Waals surface area contributed by atoms with Gasteiger partial charge in [0, 0.05) is 23.1 Å². The lowest BCUT2D eigenvalue weighted by molar-refractivity contribution is 0.356. The van der Waals surface area contributed by atoms with Gasteiger partial charge >= 0.3 is 0 Å². The molecule has 1 N–H and O–H groups in total. The van der Waals surface area contributed by atoms with E-state index < -0.39 is 0 Å². The molecule has 0 saturated carbocycles. The van der Waals surface area contributed by atoms with Gasteiger partial charge in [-0.2, -0.15) is 0 Å². The molecule has 0 fully saturated rings. The Morgan fingerprint density at radius 1 is 0.958 bits per heavy atom. The molecule has 1 aromatic heterocycles. The van der Waals surface area contributed by atoms with Gasteiger partial charge in [0.1, 0.15) is 0 Å². The number of aryl methyl sites for hydroxylation is 1. The number of halogens is 1. The second-order valence-electron chi connectivity index (χ2n) is 5.47. The number of nitrogens with one attached hydrogen (secondary N) is 1. The van der Waals surface area contributed by atoms with Crippen LogP contribution >= 0.6 is 12.4 Å². The highest BCUT2D eigenvalue weighted by Crippen LogP contribution is 2.34. The first-order valence-corrected chi connectivity index (χ1v) is 7.45. The van der Waals surface area contributed by atoms with Gasteiger partial charge in [0.15, 0.2) is 11.5 Å². The first-order valence-electron chi connectivity index (χ1n) is 7.45. The van der Waals surface area contributed by atoms with Gasteiger partial charge < -0.3 is 14.5 Å². The molecule has 126 valence electrons. The van der Waals surface area contributed by atoms with Crippen LogP contribution in [-0.4, -0.2) is 19.2 Å². The van der Waals surface area contributed by atoms with Crippen LogP contribution in [0.1, 0.15) is 16.8 Å². The van der Waals surface area contributed by atoms with Crippen LogP contribution in [-0.2, 0) is 6.42 Å². The Morgan fingerprint density at radius 2 is 1.54 bits per heavy atom. The van der Waals surface area contributed by atoms with Gasteiger partial charge in [0.2, 0.25) is 0 Å². The number of pyridine rings is 1. The minimum absolute atomic E-state index is 0. The molecule has 0 radical (unpaired) electrons. The molecule has 4 nitrogen and oxygen atoms in total. The lowest BCUT2D eigenvalue weighted by Crippen LogP contribution is -2.15. The lowest BCUT2D eigenvalue weighted by atomic mass is 9.98. The van der Waals surface area contributed by atoms with Crippen LogP contribution < -0.4 is 15.0 Å². The summed E-state index contributed by atoms with van der Waals surface area (Å²) < 4.78 is 10.8. The van der Waals surface area contributed by atoms with E-state index in [1.54, 1.807) is 14.2 Å². The monoisotopic (exact) mass is 345 g/mol.